The molecular weight excluding hydrogens is 418 g/mol. The summed E-state index contributed by atoms with van der Waals surface area (Å²) in [5.74, 6) is 1.66. The molecule has 0 bridgehead atoms. The average molecular weight is 454 g/mol. The Balaban J connectivity index is 1.44. The van der Waals surface area contributed by atoms with Gasteiger partial charge in [0.25, 0.3) is 0 Å². The molecule has 0 radical (unpaired) electrons. The predicted molar refractivity (Wildman–Crippen MR) is 128 cm³/mol. The number of hydrogen-bond acceptors (Lipinski definition) is 7. The van der Waals surface area contributed by atoms with E-state index in [9.17, 15) is 5.11 Å². The lowest BCUT2D eigenvalue weighted by molar-refractivity contribution is -0.131. The van der Waals surface area contributed by atoms with E-state index in [2.05, 4.69) is 46.4 Å². The number of aliphatic hydroxyl groups is 1. The van der Waals surface area contributed by atoms with E-state index in [1.807, 2.05) is 19.9 Å². The highest BCUT2D eigenvalue weighted by atomic mass is 16.6. The van der Waals surface area contributed by atoms with E-state index in [1.165, 1.54) is 5.56 Å². The minimum absolute atomic E-state index is 0.0897. The topological polar surface area (TPSA) is 76.1 Å². The van der Waals surface area contributed by atoms with Gasteiger partial charge in [-0.1, -0.05) is 19.1 Å². The first kappa shape index (κ1) is 22.6. The molecule has 5 rings (SSSR count). The number of rotatable bonds is 5. The molecule has 1 aromatic heterocycles. The van der Waals surface area contributed by atoms with Crippen LogP contribution in [0.3, 0.4) is 0 Å². The van der Waals surface area contributed by atoms with Gasteiger partial charge in [0.2, 0.25) is 0 Å². The fourth-order valence-electron chi connectivity index (χ4n) is 5.20. The maximum Gasteiger partial charge on any atom is 0.153 e. The van der Waals surface area contributed by atoms with Crippen molar-refractivity contribution in [3.8, 4) is 0 Å². The van der Waals surface area contributed by atoms with Gasteiger partial charge in [0.15, 0.2) is 6.23 Å². The van der Waals surface area contributed by atoms with Crippen molar-refractivity contribution in [1.29, 1.82) is 0 Å². The smallest absolute Gasteiger partial charge is 0.153 e. The van der Waals surface area contributed by atoms with Gasteiger partial charge in [-0.25, -0.2) is 4.98 Å². The normalized spacial score (nSPS) is 28.1. The molecule has 0 amide bonds. The molecule has 2 aromatic rings. The molecule has 0 spiro atoms. The monoisotopic (exact) mass is 453 g/mol. The van der Waals surface area contributed by atoms with Gasteiger partial charge in [0, 0.05) is 30.8 Å². The summed E-state index contributed by atoms with van der Waals surface area (Å²) in [7, 11) is 0. The third-order valence-corrected chi connectivity index (χ3v) is 7.00. The summed E-state index contributed by atoms with van der Waals surface area (Å²) in [6.07, 6.45) is 2.64. The van der Waals surface area contributed by atoms with Gasteiger partial charge >= 0.3 is 0 Å². The number of nitrogens with one attached hydrogen (secondary N) is 1. The molecule has 3 aliphatic rings. The molecule has 7 heteroatoms. The summed E-state index contributed by atoms with van der Waals surface area (Å²) in [6.45, 7) is 8.91. The molecule has 4 heterocycles. The Labute approximate surface area is 196 Å². The Morgan fingerprint density at radius 1 is 1.18 bits per heavy atom. The zero-order chi connectivity index (χ0) is 22.9. The van der Waals surface area contributed by atoms with Crippen molar-refractivity contribution in [1.82, 2.24) is 4.98 Å². The van der Waals surface area contributed by atoms with Crippen molar-refractivity contribution < 1.29 is 19.3 Å². The van der Waals surface area contributed by atoms with Crippen molar-refractivity contribution >= 4 is 17.2 Å². The number of anilines is 3. The molecule has 2 N–H and O–H groups in total. The number of pyridine rings is 1. The Hall–Kier alpha value is -2.19. The van der Waals surface area contributed by atoms with E-state index in [0.717, 1.165) is 48.8 Å². The highest BCUT2D eigenvalue weighted by Crippen LogP contribution is 2.41. The highest BCUT2D eigenvalue weighted by molar-refractivity contribution is 5.78. The fraction of sp³-hybridized carbons (Fsp3) is 0.577. The number of nitrogens with zero attached hydrogens (tertiary/aromatic N) is 2. The van der Waals surface area contributed by atoms with Gasteiger partial charge in [0.1, 0.15) is 11.9 Å². The minimum atomic E-state index is -0.774. The molecule has 1 unspecified atom stereocenters. The van der Waals surface area contributed by atoms with E-state index in [-0.39, 0.29) is 18.3 Å². The lowest BCUT2D eigenvalue weighted by Gasteiger charge is -2.38. The van der Waals surface area contributed by atoms with Crippen LogP contribution in [0.4, 0.5) is 17.2 Å². The third-order valence-electron chi connectivity index (χ3n) is 7.00. The third kappa shape index (κ3) is 4.73. The summed E-state index contributed by atoms with van der Waals surface area (Å²) in [5, 5.41) is 15.1. The molecular formula is C26H35N3O4. The summed E-state index contributed by atoms with van der Waals surface area (Å²) in [6, 6.07) is 10.5. The van der Waals surface area contributed by atoms with Crippen LogP contribution in [-0.2, 0) is 20.8 Å². The maximum absolute atomic E-state index is 11.6. The predicted octanol–water partition coefficient (Wildman–Crippen LogP) is 4.19. The van der Waals surface area contributed by atoms with Crippen LogP contribution in [0.1, 0.15) is 50.7 Å². The van der Waals surface area contributed by atoms with Crippen LogP contribution in [0.15, 0.2) is 36.5 Å². The maximum atomic E-state index is 11.6. The van der Waals surface area contributed by atoms with E-state index in [4.69, 9.17) is 14.2 Å². The van der Waals surface area contributed by atoms with Crippen LogP contribution < -0.4 is 10.2 Å². The molecule has 2 saturated heterocycles. The van der Waals surface area contributed by atoms with Crippen LogP contribution >= 0.6 is 0 Å². The van der Waals surface area contributed by atoms with Crippen LogP contribution in [0.2, 0.25) is 0 Å². The molecule has 5 atom stereocenters. The molecule has 0 saturated carbocycles. The fourth-order valence-corrected chi connectivity index (χ4v) is 5.20. The zero-order valence-electron chi connectivity index (χ0n) is 19.7. The van der Waals surface area contributed by atoms with Gasteiger partial charge in [-0.15, -0.1) is 0 Å². The number of aromatic nitrogens is 1. The van der Waals surface area contributed by atoms with Gasteiger partial charge in [-0.2, -0.15) is 0 Å². The standard InChI is InChI=1S/C26H35N3O4/c1-16(2)33-20-7-9-24(32-14-20)26(30)29-12-19-5-4-10-27-25(19)28-22-8-6-18(11-23(22)29)21-15-31-13-17(21)3/h4-6,8,10-11,16-17,20-21,24,26,30H,7,9,12-15H2,1-3H3,(H,27,28)/t17-,20-,21-,24+,26?/m0/s1. The largest absolute Gasteiger partial charge is 0.381 e. The Bertz CT molecular complexity index is 960. The summed E-state index contributed by atoms with van der Waals surface area (Å²) in [5.41, 5.74) is 4.20. The van der Waals surface area contributed by atoms with Gasteiger partial charge < -0.3 is 29.5 Å². The van der Waals surface area contributed by atoms with Gasteiger partial charge in [-0.05, 0) is 56.4 Å². The van der Waals surface area contributed by atoms with Crippen molar-refractivity contribution in [2.24, 2.45) is 5.92 Å². The first-order valence-corrected chi connectivity index (χ1v) is 12.1. The molecule has 7 nitrogen and oxygen atoms in total. The number of hydrogen-bond donors (Lipinski definition) is 2. The van der Waals surface area contributed by atoms with Crippen molar-refractivity contribution in [2.45, 2.75) is 70.6 Å². The Kier molecular flexibility index (Phi) is 6.56. The second-order valence-corrected chi connectivity index (χ2v) is 9.83. The van der Waals surface area contributed by atoms with E-state index in [0.29, 0.717) is 25.0 Å². The second-order valence-electron chi connectivity index (χ2n) is 9.83. The highest BCUT2D eigenvalue weighted by Gasteiger charge is 2.35. The van der Waals surface area contributed by atoms with Gasteiger partial charge in [-0.3, -0.25) is 0 Å². The number of benzene rings is 1. The second kappa shape index (κ2) is 9.58. The molecule has 1 aromatic carbocycles. The SMILES string of the molecule is CC(C)O[C@H]1CC[C@H](C(O)N2Cc3cccnc3Nc3ccc([C@H]4COC[C@@H]4C)cc32)OC1. The molecule has 3 aliphatic heterocycles. The van der Waals surface area contributed by atoms with Crippen molar-refractivity contribution in [3.05, 3.63) is 47.7 Å². The average Bonchev–Trinajstić information content (AvgIpc) is 3.16. The first-order chi connectivity index (χ1) is 16.0. The van der Waals surface area contributed by atoms with Crippen LogP contribution in [0.25, 0.3) is 0 Å². The van der Waals surface area contributed by atoms with Crippen LogP contribution in [0, 0.1) is 5.92 Å². The molecule has 178 valence electrons. The van der Waals surface area contributed by atoms with E-state index in [1.54, 1.807) is 6.20 Å². The summed E-state index contributed by atoms with van der Waals surface area (Å²) >= 11 is 0. The Morgan fingerprint density at radius 2 is 2.06 bits per heavy atom. The van der Waals surface area contributed by atoms with Crippen molar-refractivity contribution in [2.75, 3.05) is 30.0 Å². The van der Waals surface area contributed by atoms with E-state index >= 15 is 0 Å². The number of fused-ring (bicyclic) bond motifs is 2. The minimum Gasteiger partial charge on any atom is -0.381 e. The summed E-state index contributed by atoms with van der Waals surface area (Å²) < 4.78 is 17.8. The molecule has 0 aliphatic carbocycles. The molecule has 33 heavy (non-hydrogen) atoms. The first-order valence-electron chi connectivity index (χ1n) is 12.1. The summed E-state index contributed by atoms with van der Waals surface area (Å²) in [4.78, 5) is 6.61. The van der Waals surface area contributed by atoms with Crippen LogP contribution in [0.5, 0.6) is 0 Å². The quantitative estimate of drug-likeness (QED) is 0.703. The van der Waals surface area contributed by atoms with Gasteiger partial charge in [0.05, 0.1) is 36.8 Å². The van der Waals surface area contributed by atoms with Crippen LogP contribution in [-0.4, -0.2) is 54.5 Å². The number of ether oxygens (including phenoxy) is 3. The Morgan fingerprint density at radius 3 is 2.79 bits per heavy atom. The zero-order valence-corrected chi connectivity index (χ0v) is 19.7. The van der Waals surface area contributed by atoms with Crippen molar-refractivity contribution in [3.63, 3.8) is 0 Å². The lowest BCUT2D eigenvalue weighted by atomic mass is 9.89. The number of aliphatic hydroxyl groups excluding tert-OH is 1. The lowest BCUT2D eigenvalue weighted by Crippen LogP contribution is -2.48. The molecule has 2 fully saturated rings. The van der Waals surface area contributed by atoms with E-state index < -0.39 is 6.23 Å².